The third kappa shape index (κ3) is 3.62. The number of fused-ring (bicyclic) bond motifs is 1. The van der Waals surface area contributed by atoms with Gasteiger partial charge in [-0.2, -0.15) is 10.2 Å². The monoisotopic (exact) mass is 384 g/mol. The highest BCUT2D eigenvalue weighted by Crippen LogP contribution is 2.25. The molecule has 27 heavy (non-hydrogen) atoms. The Morgan fingerprint density at radius 1 is 1.19 bits per heavy atom. The third-order valence-corrected chi connectivity index (χ3v) is 3.99. The minimum atomic E-state index is -3.05. The quantitative estimate of drug-likeness (QED) is 0.662. The van der Waals surface area contributed by atoms with Crippen LogP contribution in [0, 0.1) is 0 Å². The van der Waals surface area contributed by atoms with Crippen molar-refractivity contribution in [1.29, 1.82) is 0 Å². The summed E-state index contributed by atoms with van der Waals surface area (Å²) in [5.74, 6) is -0.643. The van der Waals surface area contributed by atoms with Crippen LogP contribution < -0.4 is 5.32 Å². The van der Waals surface area contributed by atoms with Gasteiger partial charge >= 0.3 is 0 Å². The lowest BCUT2D eigenvalue weighted by Crippen LogP contribution is -2.28. The maximum Gasteiger partial charge on any atom is 0.280 e. The first-order chi connectivity index (χ1) is 12.8. The SMILES string of the molecule is CCn1nccc1C(C)NC(=O)c1cc2nc(C(F)F)cc(C(F)F)n2n1. The molecule has 7 nitrogen and oxygen atoms in total. The predicted molar refractivity (Wildman–Crippen MR) is 86.7 cm³/mol. The number of aryl methyl sites for hydroxylation is 1. The lowest BCUT2D eigenvalue weighted by Gasteiger charge is -2.14. The van der Waals surface area contributed by atoms with Crippen LogP contribution in [0.2, 0.25) is 0 Å². The van der Waals surface area contributed by atoms with Crippen molar-refractivity contribution in [3.05, 3.63) is 47.2 Å². The van der Waals surface area contributed by atoms with Crippen LogP contribution in [0.4, 0.5) is 17.6 Å². The molecule has 0 fully saturated rings. The lowest BCUT2D eigenvalue weighted by molar-refractivity contribution is 0.0931. The van der Waals surface area contributed by atoms with E-state index in [-0.39, 0.29) is 11.3 Å². The molecule has 1 unspecified atom stereocenters. The average molecular weight is 384 g/mol. The molecule has 0 aliphatic carbocycles. The van der Waals surface area contributed by atoms with Gasteiger partial charge < -0.3 is 5.32 Å². The molecule has 3 heterocycles. The van der Waals surface area contributed by atoms with Crippen LogP contribution in [-0.4, -0.2) is 30.3 Å². The maximum atomic E-state index is 13.2. The molecule has 1 N–H and O–H groups in total. The Labute approximate surface area is 151 Å². The molecule has 1 amide bonds. The van der Waals surface area contributed by atoms with Crippen LogP contribution in [-0.2, 0) is 6.54 Å². The molecule has 1 atom stereocenters. The van der Waals surface area contributed by atoms with Crippen LogP contribution in [0.3, 0.4) is 0 Å². The summed E-state index contributed by atoms with van der Waals surface area (Å²) in [7, 11) is 0. The number of alkyl halides is 4. The summed E-state index contributed by atoms with van der Waals surface area (Å²) in [4.78, 5) is 16.0. The number of carbonyl (C=O) groups excluding carboxylic acids is 1. The third-order valence-electron chi connectivity index (χ3n) is 3.99. The van der Waals surface area contributed by atoms with Crippen molar-refractivity contribution >= 4 is 11.6 Å². The molecule has 0 aromatic carbocycles. The number of hydrogen-bond acceptors (Lipinski definition) is 4. The first kappa shape index (κ1) is 18.8. The number of halogens is 4. The number of carbonyl (C=O) groups is 1. The van der Waals surface area contributed by atoms with Gasteiger partial charge in [0.05, 0.1) is 11.7 Å². The van der Waals surface area contributed by atoms with Gasteiger partial charge in [0, 0.05) is 18.8 Å². The van der Waals surface area contributed by atoms with Crippen molar-refractivity contribution in [3.63, 3.8) is 0 Å². The summed E-state index contributed by atoms with van der Waals surface area (Å²) in [6, 6.07) is 2.99. The Hall–Kier alpha value is -2.98. The first-order valence-corrected chi connectivity index (χ1v) is 8.11. The molecule has 3 aromatic rings. The predicted octanol–water partition coefficient (Wildman–Crippen LogP) is 3.31. The topological polar surface area (TPSA) is 77.1 Å². The van der Waals surface area contributed by atoms with E-state index in [1.165, 1.54) is 0 Å². The van der Waals surface area contributed by atoms with Gasteiger partial charge in [-0.05, 0) is 26.0 Å². The number of aromatic nitrogens is 5. The van der Waals surface area contributed by atoms with E-state index >= 15 is 0 Å². The van der Waals surface area contributed by atoms with E-state index in [0.29, 0.717) is 17.1 Å². The second kappa shape index (κ2) is 7.33. The highest BCUT2D eigenvalue weighted by atomic mass is 19.3. The summed E-state index contributed by atoms with van der Waals surface area (Å²) in [6.07, 6.45) is -4.48. The molecule has 3 aromatic heterocycles. The molecular weight excluding hydrogens is 368 g/mol. The van der Waals surface area contributed by atoms with Crippen molar-refractivity contribution < 1.29 is 22.4 Å². The van der Waals surface area contributed by atoms with Gasteiger partial charge in [-0.25, -0.2) is 27.1 Å². The van der Waals surface area contributed by atoms with Crippen LogP contribution in [0.25, 0.3) is 5.65 Å². The minimum absolute atomic E-state index is 0.203. The Morgan fingerprint density at radius 2 is 1.93 bits per heavy atom. The van der Waals surface area contributed by atoms with Gasteiger partial charge in [0.1, 0.15) is 11.4 Å². The standard InChI is InChI=1S/C16H16F4N6O/c1-3-25-11(4-5-21-25)8(2)22-16(27)10-7-13-23-9(14(17)18)6-12(15(19)20)26(13)24-10/h4-8,14-15H,3H2,1-2H3,(H,22,27). The molecule has 0 saturated heterocycles. The van der Waals surface area contributed by atoms with Gasteiger partial charge in [0.2, 0.25) is 0 Å². The second-order valence-corrected chi connectivity index (χ2v) is 5.77. The van der Waals surface area contributed by atoms with E-state index in [1.54, 1.807) is 23.9 Å². The number of rotatable bonds is 6. The summed E-state index contributed by atoms with van der Waals surface area (Å²) in [5, 5.41) is 10.6. The molecule has 144 valence electrons. The zero-order valence-corrected chi connectivity index (χ0v) is 14.4. The van der Waals surface area contributed by atoms with Crippen molar-refractivity contribution in [2.24, 2.45) is 0 Å². The molecule has 0 saturated carbocycles. The Bertz CT molecular complexity index is 967. The van der Waals surface area contributed by atoms with Crippen molar-refractivity contribution in [2.45, 2.75) is 39.3 Å². The fraction of sp³-hybridized carbons (Fsp3) is 0.375. The molecule has 0 aliphatic rings. The fourth-order valence-electron chi connectivity index (χ4n) is 2.72. The summed E-state index contributed by atoms with van der Waals surface area (Å²) < 4.78 is 54.5. The Balaban J connectivity index is 1.92. The zero-order chi connectivity index (χ0) is 19.7. The molecular formula is C16H16F4N6O. The van der Waals surface area contributed by atoms with Gasteiger partial charge in [-0.3, -0.25) is 9.48 Å². The summed E-state index contributed by atoms with van der Waals surface area (Å²) in [6.45, 7) is 4.23. The van der Waals surface area contributed by atoms with E-state index < -0.39 is 36.2 Å². The van der Waals surface area contributed by atoms with Crippen LogP contribution in [0.15, 0.2) is 24.4 Å². The second-order valence-electron chi connectivity index (χ2n) is 5.77. The van der Waals surface area contributed by atoms with Crippen LogP contribution in [0.1, 0.15) is 60.3 Å². The highest BCUT2D eigenvalue weighted by Gasteiger charge is 2.23. The van der Waals surface area contributed by atoms with Crippen molar-refractivity contribution in [3.8, 4) is 0 Å². The molecule has 0 radical (unpaired) electrons. The summed E-state index contributed by atoms with van der Waals surface area (Å²) in [5.41, 5.74) is -1.26. The highest BCUT2D eigenvalue weighted by molar-refractivity contribution is 5.93. The van der Waals surface area contributed by atoms with E-state index in [2.05, 4.69) is 20.5 Å². The maximum absolute atomic E-state index is 13.2. The Morgan fingerprint density at radius 3 is 2.56 bits per heavy atom. The van der Waals surface area contributed by atoms with E-state index in [9.17, 15) is 22.4 Å². The van der Waals surface area contributed by atoms with E-state index in [1.807, 2.05) is 6.92 Å². The number of nitrogens with one attached hydrogen (secondary N) is 1. The molecule has 0 spiro atoms. The average Bonchev–Trinajstić information content (AvgIpc) is 3.26. The largest absolute Gasteiger partial charge is 0.343 e. The number of amides is 1. The van der Waals surface area contributed by atoms with Gasteiger partial charge in [-0.15, -0.1) is 0 Å². The fourth-order valence-corrected chi connectivity index (χ4v) is 2.72. The Kier molecular flexibility index (Phi) is 5.10. The lowest BCUT2D eigenvalue weighted by atomic mass is 10.2. The van der Waals surface area contributed by atoms with E-state index in [0.717, 1.165) is 11.8 Å². The molecule has 11 heteroatoms. The molecule has 3 rings (SSSR count). The number of nitrogens with zero attached hydrogens (tertiary/aromatic N) is 5. The minimum Gasteiger partial charge on any atom is -0.343 e. The van der Waals surface area contributed by atoms with Gasteiger partial charge in [0.15, 0.2) is 11.3 Å². The van der Waals surface area contributed by atoms with Crippen LogP contribution >= 0.6 is 0 Å². The first-order valence-electron chi connectivity index (χ1n) is 8.11. The van der Waals surface area contributed by atoms with E-state index in [4.69, 9.17) is 0 Å². The smallest absolute Gasteiger partial charge is 0.280 e. The summed E-state index contributed by atoms with van der Waals surface area (Å²) >= 11 is 0. The molecule has 0 bridgehead atoms. The number of hydrogen-bond donors (Lipinski definition) is 1. The zero-order valence-electron chi connectivity index (χ0n) is 14.4. The van der Waals surface area contributed by atoms with Crippen molar-refractivity contribution in [2.75, 3.05) is 0 Å². The van der Waals surface area contributed by atoms with Crippen molar-refractivity contribution in [1.82, 2.24) is 29.7 Å². The van der Waals surface area contributed by atoms with Gasteiger partial charge in [-0.1, -0.05) is 0 Å². The van der Waals surface area contributed by atoms with Crippen LogP contribution in [0.5, 0.6) is 0 Å². The molecule has 0 aliphatic heterocycles. The normalized spacial score (nSPS) is 12.9. The van der Waals surface area contributed by atoms with Gasteiger partial charge in [0.25, 0.3) is 18.8 Å².